The molecule has 0 fully saturated rings. The third kappa shape index (κ3) is 5.85. The summed E-state index contributed by atoms with van der Waals surface area (Å²) in [6.07, 6.45) is 0. The Balaban J connectivity index is 3.33. The molecule has 0 radical (unpaired) electrons. The topological polar surface area (TPSA) is 12.0 Å². The van der Waals surface area contributed by atoms with E-state index in [0.29, 0.717) is 6.04 Å². The van der Waals surface area contributed by atoms with E-state index in [1.807, 2.05) is 0 Å². The average Bonchev–Trinajstić information content (AvgIpc) is 2.23. The van der Waals surface area contributed by atoms with E-state index in [-0.39, 0.29) is 0 Å². The van der Waals surface area contributed by atoms with Gasteiger partial charge in [0.25, 0.3) is 0 Å². The van der Waals surface area contributed by atoms with Gasteiger partial charge in [0, 0.05) is 22.2 Å². The van der Waals surface area contributed by atoms with Gasteiger partial charge in [-0.3, -0.25) is 0 Å². The molecule has 1 rings (SSSR count). The van der Waals surface area contributed by atoms with Crippen molar-refractivity contribution in [1.29, 1.82) is 0 Å². The first-order chi connectivity index (χ1) is 9.32. The lowest BCUT2D eigenvalue weighted by Gasteiger charge is -2.46. The van der Waals surface area contributed by atoms with Gasteiger partial charge in [-0.2, -0.15) is 0 Å². The van der Waals surface area contributed by atoms with Crippen LogP contribution in [0.25, 0.3) is 0 Å². The number of hydrogen-bond donors (Lipinski definition) is 1. The van der Waals surface area contributed by atoms with Gasteiger partial charge in [0.05, 0.1) is 0 Å². The van der Waals surface area contributed by atoms with E-state index in [2.05, 4.69) is 94.2 Å². The minimum Gasteiger partial charge on any atom is -0.331 e. The second kappa shape index (κ2) is 6.52. The van der Waals surface area contributed by atoms with Crippen LogP contribution in [0.4, 0.5) is 0 Å². The largest absolute Gasteiger partial charge is 0.331 e. The van der Waals surface area contributed by atoms with Crippen LogP contribution in [-0.4, -0.2) is 24.4 Å². The Kier molecular flexibility index (Phi) is 5.86. The molecule has 0 spiro atoms. The summed E-state index contributed by atoms with van der Waals surface area (Å²) in [6, 6.07) is 11.7. The highest BCUT2D eigenvalue weighted by Crippen LogP contribution is 2.43. The monoisotopic (exact) mass is 337 g/mol. The third-order valence-electron chi connectivity index (χ3n) is 3.95. The van der Waals surface area contributed by atoms with Crippen molar-refractivity contribution in [1.82, 2.24) is 4.98 Å². The molecule has 1 N–H and O–H groups in total. The molecule has 0 saturated heterocycles. The van der Waals surface area contributed by atoms with E-state index in [0.717, 1.165) is 5.16 Å². The summed E-state index contributed by atoms with van der Waals surface area (Å²) in [7, 11) is -3.82. The van der Waals surface area contributed by atoms with Crippen LogP contribution in [0.5, 0.6) is 0 Å². The van der Waals surface area contributed by atoms with Crippen molar-refractivity contribution in [3.8, 4) is 0 Å². The average molecular weight is 338 g/mol. The zero-order chi connectivity index (χ0) is 16.5. The van der Waals surface area contributed by atoms with Gasteiger partial charge in [-0.1, -0.05) is 89.3 Å². The predicted octanol–water partition coefficient (Wildman–Crippen LogP) is 5.74. The molecule has 0 aromatic heterocycles. The highest BCUT2D eigenvalue weighted by atomic mass is 28.4. The molecule has 0 amide bonds. The van der Waals surface area contributed by atoms with Crippen LogP contribution in [-0.2, 0) is 0 Å². The molecule has 1 nitrogen and oxygen atoms in total. The fourth-order valence-electron chi connectivity index (χ4n) is 3.79. The Labute approximate surface area is 135 Å². The molecule has 0 saturated carbocycles. The van der Waals surface area contributed by atoms with Crippen LogP contribution in [0.2, 0.25) is 64.1 Å². The van der Waals surface area contributed by atoms with Crippen LogP contribution < -0.4 is 4.98 Å². The summed E-state index contributed by atoms with van der Waals surface area (Å²) in [5.41, 5.74) is 1.50. The normalized spacial score (nSPS) is 15.3. The van der Waals surface area contributed by atoms with Gasteiger partial charge in [-0.15, -0.1) is 0 Å². The van der Waals surface area contributed by atoms with Gasteiger partial charge >= 0.3 is 0 Å². The standard InChI is InChI=1S/C17H35NSi3/c1-19(2,3)17(20(4,5)6)16(18-21(7,8)9)15-13-11-10-12-14-15/h10-14,16-18H,1-9H3. The lowest BCUT2D eigenvalue weighted by molar-refractivity contribution is 0.662. The maximum atomic E-state index is 4.09. The first kappa shape index (κ1) is 18.9. The number of rotatable bonds is 6. The van der Waals surface area contributed by atoms with Gasteiger partial charge in [0.2, 0.25) is 0 Å². The maximum Gasteiger partial charge on any atom is 0.116 e. The van der Waals surface area contributed by atoms with Gasteiger partial charge in [0.15, 0.2) is 0 Å². The highest BCUT2D eigenvalue weighted by molar-refractivity contribution is 6.96. The van der Waals surface area contributed by atoms with Crippen LogP contribution in [0.3, 0.4) is 0 Å². The molecule has 0 aliphatic carbocycles. The molecule has 0 bridgehead atoms. The SMILES string of the molecule is C[Si](C)(C)NC(c1ccccc1)C([Si](C)(C)C)[Si](C)(C)C. The van der Waals surface area contributed by atoms with Gasteiger partial charge in [0.1, 0.15) is 8.24 Å². The Bertz CT molecular complexity index is 424. The fraction of sp³-hybridized carbons (Fsp3) is 0.647. The van der Waals surface area contributed by atoms with Gasteiger partial charge < -0.3 is 4.98 Å². The minimum absolute atomic E-state index is 0.538. The van der Waals surface area contributed by atoms with Crippen LogP contribution >= 0.6 is 0 Å². The van der Waals surface area contributed by atoms with Crippen molar-refractivity contribution in [2.45, 2.75) is 70.1 Å². The number of nitrogens with one attached hydrogen (secondary N) is 1. The zero-order valence-electron chi connectivity index (χ0n) is 15.5. The molecule has 1 unspecified atom stereocenters. The van der Waals surface area contributed by atoms with Crippen molar-refractivity contribution in [3.05, 3.63) is 35.9 Å². The summed E-state index contributed by atoms with van der Waals surface area (Å²) in [5.74, 6) is 0. The molecule has 1 aromatic carbocycles. The molecule has 1 atom stereocenters. The van der Waals surface area contributed by atoms with Gasteiger partial charge in [-0.25, -0.2) is 0 Å². The smallest absolute Gasteiger partial charge is 0.116 e. The predicted molar refractivity (Wildman–Crippen MR) is 106 cm³/mol. The molecular formula is C17H35NSi3. The van der Waals surface area contributed by atoms with Crippen LogP contribution in [0, 0.1) is 0 Å². The maximum absolute atomic E-state index is 4.09. The zero-order valence-corrected chi connectivity index (χ0v) is 18.5. The fourth-order valence-corrected chi connectivity index (χ4v) is 18.3. The highest BCUT2D eigenvalue weighted by Gasteiger charge is 2.44. The van der Waals surface area contributed by atoms with Crippen molar-refractivity contribution >= 4 is 24.4 Å². The molecule has 0 aliphatic heterocycles. The summed E-state index contributed by atoms with van der Waals surface area (Å²) in [5, 5.41) is 0.846. The van der Waals surface area contributed by atoms with Crippen LogP contribution in [0.15, 0.2) is 30.3 Å². The Morgan fingerprint density at radius 2 is 1.14 bits per heavy atom. The summed E-state index contributed by atoms with van der Waals surface area (Å²) >= 11 is 0. The quantitative estimate of drug-likeness (QED) is 0.653. The van der Waals surface area contributed by atoms with Crippen molar-refractivity contribution < 1.29 is 0 Å². The second-order valence-electron chi connectivity index (χ2n) is 9.49. The van der Waals surface area contributed by atoms with Crippen molar-refractivity contribution in [2.75, 3.05) is 0 Å². The van der Waals surface area contributed by atoms with Gasteiger partial charge in [-0.05, 0) is 10.7 Å². The van der Waals surface area contributed by atoms with Crippen molar-refractivity contribution in [2.24, 2.45) is 0 Å². The minimum atomic E-state index is -1.33. The molecule has 4 heteroatoms. The number of benzene rings is 1. The second-order valence-corrected chi connectivity index (χ2v) is 25.6. The molecule has 21 heavy (non-hydrogen) atoms. The molecule has 0 heterocycles. The van der Waals surface area contributed by atoms with E-state index in [1.54, 1.807) is 0 Å². The number of hydrogen-bond acceptors (Lipinski definition) is 1. The first-order valence-electron chi connectivity index (χ1n) is 8.15. The van der Waals surface area contributed by atoms with Crippen LogP contribution in [0.1, 0.15) is 11.6 Å². The van der Waals surface area contributed by atoms with E-state index in [4.69, 9.17) is 0 Å². The van der Waals surface area contributed by atoms with E-state index in [1.165, 1.54) is 5.56 Å². The van der Waals surface area contributed by atoms with E-state index in [9.17, 15) is 0 Å². The summed E-state index contributed by atoms with van der Waals surface area (Å²) in [4.78, 5) is 4.09. The first-order valence-corrected chi connectivity index (χ1v) is 18.8. The Morgan fingerprint density at radius 1 is 0.714 bits per heavy atom. The third-order valence-corrected chi connectivity index (χ3v) is 14.7. The van der Waals surface area contributed by atoms with Crippen molar-refractivity contribution in [3.63, 3.8) is 0 Å². The summed E-state index contributed by atoms with van der Waals surface area (Å²) in [6.45, 7) is 22.6. The Morgan fingerprint density at radius 3 is 1.48 bits per heavy atom. The lowest BCUT2D eigenvalue weighted by atomic mass is 10.1. The molecule has 120 valence electrons. The van der Waals surface area contributed by atoms with E-state index < -0.39 is 24.4 Å². The lowest BCUT2D eigenvalue weighted by Crippen LogP contribution is -2.55. The molecule has 0 aliphatic rings. The molecular weight excluding hydrogens is 302 g/mol. The summed E-state index contributed by atoms with van der Waals surface area (Å²) < 4.78 is 0. The Hall–Kier alpha value is -0.169. The van der Waals surface area contributed by atoms with E-state index >= 15 is 0 Å². The molecule has 1 aromatic rings.